The first kappa shape index (κ1) is 55.2. The zero-order valence-corrected chi connectivity index (χ0v) is 45.8. The molecule has 3 saturated carbocycles. The molecule has 3 aliphatic carbocycles. The highest BCUT2D eigenvalue weighted by Gasteiger charge is 2.35. The van der Waals surface area contributed by atoms with Gasteiger partial charge in [0.05, 0.1) is 58.5 Å². The minimum Gasteiger partial charge on any atom is -0.393 e. The number of hydrogen-bond acceptors (Lipinski definition) is 11. The van der Waals surface area contributed by atoms with Crippen molar-refractivity contribution in [1.82, 2.24) is 35.1 Å². The van der Waals surface area contributed by atoms with Crippen molar-refractivity contribution >= 4 is 117 Å². The highest BCUT2D eigenvalue weighted by molar-refractivity contribution is 9.09. The number of aliphatic hydroxyl groups excluding tert-OH is 2. The number of nitrogens with one attached hydrogen (secondary N) is 2. The Kier molecular flexibility index (Phi) is 17.6. The topological polar surface area (TPSA) is 212 Å². The molecule has 0 radical (unpaired) electrons. The molecule has 10 rings (SSSR count). The summed E-state index contributed by atoms with van der Waals surface area (Å²) in [4.78, 5) is 27.8. The number of aromatic nitrogens is 4. The second-order valence-electron chi connectivity index (χ2n) is 18.4. The van der Waals surface area contributed by atoms with Crippen LogP contribution < -0.4 is 19.2 Å². The lowest BCUT2D eigenvalue weighted by molar-refractivity contribution is 0.00455. The molecule has 2 aromatic heterocycles. The van der Waals surface area contributed by atoms with E-state index in [4.69, 9.17) is 33.4 Å². The Bertz CT molecular complexity index is 3160. The van der Waals surface area contributed by atoms with Gasteiger partial charge in [0, 0.05) is 73.0 Å². The number of sulfonamides is 2. The SMILES string of the molecule is CNC(=O)c1c2cc(C3CC3)c(N(CCBr)S(C)(=O)=O)cc2nn1-c1ccc(Cl)cc1.CNC(=O)c1c2cc(C3CC3)c(N(CCN3CC(O)C3)S(C)(=O)=O)cc2nn1-c1ccc(Cl)cc1.Cl.OC1CCC1. The van der Waals surface area contributed by atoms with E-state index in [1.807, 2.05) is 17.0 Å². The highest BCUT2D eigenvalue weighted by atomic mass is 79.9. The van der Waals surface area contributed by atoms with Crippen LogP contribution in [0.15, 0.2) is 72.8 Å². The molecule has 17 nitrogen and oxygen atoms in total. The number of halogens is 4. The first-order chi connectivity index (χ1) is 33.8. The Morgan fingerprint density at radius 1 is 0.667 bits per heavy atom. The van der Waals surface area contributed by atoms with Crippen molar-refractivity contribution in [2.24, 2.45) is 0 Å². The number of carbonyl (C=O) groups excluding carboxylic acids is 2. The molecule has 0 bridgehead atoms. The third-order valence-corrected chi connectivity index (χ3v) is 16.2. The molecule has 23 heteroatoms. The van der Waals surface area contributed by atoms with Crippen molar-refractivity contribution in [2.75, 3.05) is 73.3 Å². The van der Waals surface area contributed by atoms with E-state index < -0.39 is 20.0 Å². The largest absolute Gasteiger partial charge is 0.393 e. The van der Waals surface area contributed by atoms with E-state index in [1.165, 1.54) is 27.5 Å². The molecule has 3 heterocycles. The summed E-state index contributed by atoms with van der Waals surface area (Å²) in [6.45, 7) is 2.20. The molecule has 4 aromatic carbocycles. The van der Waals surface area contributed by atoms with E-state index in [0.29, 0.717) is 97.5 Å². The van der Waals surface area contributed by atoms with E-state index in [1.54, 1.807) is 84.1 Å². The van der Waals surface area contributed by atoms with Crippen LogP contribution in [0, 0.1) is 0 Å². The first-order valence-electron chi connectivity index (χ1n) is 23.5. The van der Waals surface area contributed by atoms with Gasteiger partial charge in [-0.15, -0.1) is 12.4 Å². The van der Waals surface area contributed by atoms with Crippen LogP contribution in [0.4, 0.5) is 11.4 Å². The highest BCUT2D eigenvalue weighted by Crippen LogP contribution is 2.48. The zero-order chi connectivity index (χ0) is 50.9. The summed E-state index contributed by atoms with van der Waals surface area (Å²) >= 11 is 15.4. The van der Waals surface area contributed by atoms with Crippen LogP contribution >= 0.6 is 51.5 Å². The normalized spacial score (nSPS) is 16.1. The number of nitrogens with zero attached hydrogens (tertiary/aromatic N) is 7. The van der Waals surface area contributed by atoms with E-state index in [0.717, 1.165) is 49.7 Å². The molecule has 0 atom stereocenters. The number of likely N-dealkylation sites (tertiary alicyclic amines) is 1. The number of benzene rings is 4. The van der Waals surface area contributed by atoms with E-state index >= 15 is 0 Å². The van der Waals surface area contributed by atoms with Crippen molar-refractivity contribution in [2.45, 2.75) is 69.0 Å². The first-order valence-corrected chi connectivity index (χ1v) is 29.1. The van der Waals surface area contributed by atoms with Gasteiger partial charge in [-0.05, 0) is 141 Å². The van der Waals surface area contributed by atoms with Crippen LogP contribution in [0.3, 0.4) is 0 Å². The molecule has 388 valence electrons. The summed E-state index contributed by atoms with van der Waals surface area (Å²) in [7, 11) is -3.91. The van der Waals surface area contributed by atoms with Gasteiger partial charge in [0.1, 0.15) is 11.4 Å². The number of β-amino-alcohol motifs (C(OH)–C–C–N with tert-alkyl or cyclic N) is 1. The fourth-order valence-electron chi connectivity index (χ4n) is 8.71. The number of alkyl halides is 1. The van der Waals surface area contributed by atoms with Gasteiger partial charge in [0.25, 0.3) is 11.8 Å². The van der Waals surface area contributed by atoms with Gasteiger partial charge < -0.3 is 20.8 Å². The van der Waals surface area contributed by atoms with Crippen LogP contribution in [-0.4, -0.2) is 140 Å². The molecule has 6 aromatic rings. The summed E-state index contributed by atoms with van der Waals surface area (Å²) in [6.07, 6.45) is 9.37. The van der Waals surface area contributed by atoms with Gasteiger partial charge in [-0.3, -0.25) is 23.1 Å². The second-order valence-corrected chi connectivity index (χ2v) is 23.9. The molecule has 0 spiro atoms. The van der Waals surface area contributed by atoms with E-state index in [2.05, 4.69) is 31.7 Å². The molecular formula is C49H59BrCl3N9O8S2. The van der Waals surface area contributed by atoms with Gasteiger partial charge in [-0.25, -0.2) is 26.2 Å². The standard InChI is InChI=1S/C24H28ClN5O4S.C21H22BrClN4O3S.C4H8O.ClH/c1-26-24(32)23-20-11-19(15-3-4-15)22(29(35(2,33)34)10-9-28-13-18(31)14-28)12-21(20)27-30(23)17-7-5-16(25)6-8-17;1-24-21(28)20-17-11-16(13-3-4-13)19(26(10-9-22)31(2,29)30)12-18(17)25-27(20)15-7-5-14(23)6-8-15;5-4-2-1-3-4;/h5-8,11-12,15,18,31H,3-4,9-10,13-14H2,1-2H3,(H,26,32);5-8,11-13H,3-4,9-10H2,1-2H3,(H,24,28);4-5H,1-3H2;1H. The fourth-order valence-corrected chi connectivity index (χ4v) is 11.4. The van der Waals surface area contributed by atoms with Gasteiger partial charge in [0.15, 0.2) is 0 Å². The van der Waals surface area contributed by atoms with Crippen molar-refractivity contribution in [1.29, 1.82) is 0 Å². The summed E-state index contributed by atoms with van der Waals surface area (Å²) in [5.41, 5.74) is 6.31. The van der Waals surface area contributed by atoms with E-state index in [9.17, 15) is 31.5 Å². The maximum atomic E-state index is 12.9. The van der Waals surface area contributed by atoms with Crippen LogP contribution in [0.2, 0.25) is 10.0 Å². The Morgan fingerprint density at radius 3 is 1.36 bits per heavy atom. The monoisotopic (exact) mass is 1150 g/mol. The van der Waals surface area contributed by atoms with Crippen molar-refractivity contribution in [3.63, 3.8) is 0 Å². The van der Waals surface area contributed by atoms with Gasteiger partial charge in [-0.2, -0.15) is 10.2 Å². The average molecular weight is 1150 g/mol. The molecule has 2 amide bonds. The van der Waals surface area contributed by atoms with Crippen molar-refractivity contribution < 1.29 is 36.6 Å². The number of carbonyl (C=O) groups is 2. The lowest BCUT2D eigenvalue weighted by Gasteiger charge is -2.37. The lowest BCUT2D eigenvalue weighted by atomic mass is 9.97. The summed E-state index contributed by atoms with van der Waals surface area (Å²) < 4.78 is 56.8. The van der Waals surface area contributed by atoms with Crippen molar-refractivity contribution in [3.8, 4) is 11.4 Å². The molecule has 72 heavy (non-hydrogen) atoms. The number of fused-ring (bicyclic) bond motifs is 2. The summed E-state index contributed by atoms with van der Waals surface area (Å²) in [6, 6.07) is 21.5. The van der Waals surface area contributed by atoms with E-state index in [-0.39, 0.29) is 54.8 Å². The Labute approximate surface area is 444 Å². The van der Waals surface area contributed by atoms with Crippen LogP contribution in [0.25, 0.3) is 33.2 Å². The quantitative estimate of drug-likeness (QED) is 0.0745. The smallest absolute Gasteiger partial charge is 0.270 e. The van der Waals surface area contributed by atoms with Gasteiger partial charge in [-0.1, -0.05) is 39.1 Å². The number of amides is 2. The number of aliphatic hydroxyl groups is 2. The third-order valence-electron chi connectivity index (χ3n) is 13.0. The number of anilines is 2. The average Bonchev–Trinajstić information content (AvgIpc) is 4.26. The van der Waals surface area contributed by atoms with Crippen LogP contribution in [0.1, 0.15) is 88.9 Å². The molecular weight excluding hydrogens is 1090 g/mol. The number of rotatable bonds is 15. The minimum absolute atomic E-state index is 0. The lowest BCUT2D eigenvalue weighted by Crippen LogP contribution is -2.53. The minimum atomic E-state index is -3.57. The molecule has 4 aliphatic rings. The van der Waals surface area contributed by atoms with Gasteiger partial charge >= 0.3 is 0 Å². The summed E-state index contributed by atoms with van der Waals surface area (Å²) in [5.74, 6) is -0.0445. The maximum Gasteiger partial charge on any atom is 0.270 e. The molecule has 1 saturated heterocycles. The Morgan fingerprint density at radius 2 is 1.06 bits per heavy atom. The summed E-state index contributed by atoms with van der Waals surface area (Å²) in [5, 5.41) is 35.8. The Balaban J connectivity index is 0.000000191. The zero-order valence-electron chi connectivity index (χ0n) is 40.3. The molecule has 4 N–H and O–H groups in total. The molecule has 4 fully saturated rings. The fraction of sp³-hybridized carbons (Fsp3) is 0.429. The van der Waals surface area contributed by atoms with Crippen LogP contribution in [-0.2, 0) is 20.0 Å². The second kappa shape index (κ2) is 22.9. The number of hydrogen-bond donors (Lipinski definition) is 4. The molecule has 0 unspecified atom stereocenters. The third kappa shape index (κ3) is 12.5. The predicted molar refractivity (Wildman–Crippen MR) is 291 cm³/mol. The maximum absolute atomic E-state index is 12.9. The Hall–Kier alpha value is -4.51. The van der Waals surface area contributed by atoms with Gasteiger partial charge in [0.2, 0.25) is 20.0 Å². The van der Waals surface area contributed by atoms with Crippen molar-refractivity contribution in [3.05, 3.63) is 105 Å². The van der Waals surface area contributed by atoms with Crippen LogP contribution in [0.5, 0.6) is 0 Å². The predicted octanol–water partition coefficient (Wildman–Crippen LogP) is 7.39. The molecule has 1 aliphatic heterocycles.